The standard InChI is InChI=1S/C37H33N5/c1-5-7-15-26(3)27(4)22-28(6-2)35-40-36(30-18-12-9-13-19-30)42-37(41-35)33-24-31(29-16-10-8-11-17-29)23-32(25-33)34-38-20-14-21-39-34/h5-25,27H,2H2,1,3-4H3/b7-5-,26-15+,28-22+. The van der Waals surface area contributed by atoms with Gasteiger partial charge in [-0.25, -0.2) is 24.9 Å². The van der Waals surface area contributed by atoms with Crippen LogP contribution in [0.3, 0.4) is 0 Å². The third-order valence-corrected chi connectivity index (χ3v) is 6.97. The van der Waals surface area contributed by atoms with Crippen molar-refractivity contribution in [3.63, 3.8) is 0 Å². The molecule has 0 saturated carbocycles. The lowest BCUT2D eigenvalue weighted by atomic mass is 9.98. The van der Waals surface area contributed by atoms with Crippen LogP contribution in [0.4, 0.5) is 0 Å². The molecule has 2 aromatic heterocycles. The van der Waals surface area contributed by atoms with Gasteiger partial charge >= 0.3 is 0 Å². The Morgan fingerprint density at radius 1 is 0.690 bits per heavy atom. The third kappa shape index (κ3) is 6.70. The summed E-state index contributed by atoms with van der Waals surface area (Å²) in [5.74, 6) is 2.54. The molecule has 0 N–H and O–H groups in total. The fourth-order valence-electron chi connectivity index (χ4n) is 4.52. The van der Waals surface area contributed by atoms with Crippen LogP contribution in [0.1, 0.15) is 26.6 Å². The van der Waals surface area contributed by atoms with E-state index in [1.54, 1.807) is 12.4 Å². The average molecular weight is 548 g/mol. The molecule has 0 aliphatic heterocycles. The first-order valence-electron chi connectivity index (χ1n) is 14.0. The van der Waals surface area contributed by atoms with Gasteiger partial charge in [-0.3, -0.25) is 0 Å². The van der Waals surface area contributed by atoms with Gasteiger partial charge in [-0.2, -0.15) is 0 Å². The number of aromatic nitrogens is 5. The zero-order chi connectivity index (χ0) is 29.3. The topological polar surface area (TPSA) is 64.5 Å². The van der Waals surface area contributed by atoms with Gasteiger partial charge in [0, 0.05) is 34.7 Å². The molecule has 0 radical (unpaired) electrons. The van der Waals surface area contributed by atoms with Crippen molar-refractivity contribution in [3.8, 4) is 45.3 Å². The van der Waals surface area contributed by atoms with E-state index in [0.29, 0.717) is 23.3 Å². The highest BCUT2D eigenvalue weighted by Crippen LogP contribution is 2.32. The molecule has 206 valence electrons. The first kappa shape index (κ1) is 28.2. The van der Waals surface area contributed by atoms with Crippen LogP contribution < -0.4 is 0 Å². The quantitative estimate of drug-likeness (QED) is 0.172. The van der Waals surface area contributed by atoms with Crippen molar-refractivity contribution in [1.29, 1.82) is 0 Å². The summed E-state index contributed by atoms with van der Waals surface area (Å²) in [4.78, 5) is 23.9. The molecule has 3 aromatic carbocycles. The Labute approximate surface area is 247 Å². The first-order chi connectivity index (χ1) is 20.6. The summed E-state index contributed by atoms with van der Waals surface area (Å²) in [6.07, 6.45) is 13.7. The Kier molecular flexibility index (Phi) is 9.00. The number of nitrogens with zero attached hydrogens (tertiary/aromatic N) is 5. The largest absolute Gasteiger partial charge is 0.237 e. The third-order valence-electron chi connectivity index (χ3n) is 6.97. The fraction of sp³-hybridized carbons (Fsp3) is 0.108. The molecule has 1 atom stereocenters. The minimum atomic E-state index is 0.165. The number of hydrogen-bond acceptors (Lipinski definition) is 5. The number of benzene rings is 3. The molecule has 0 fully saturated rings. The van der Waals surface area contributed by atoms with Crippen LogP contribution in [0.15, 0.2) is 140 Å². The lowest BCUT2D eigenvalue weighted by Crippen LogP contribution is -2.04. The van der Waals surface area contributed by atoms with E-state index in [1.807, 2.05) is 79.7 Å². The van der Waals surface area contributed by atoms with Crippen LogP contribution in [-0.4, -0.2) is 24.9 Å². The van der Waals surface area contributed by atoms with Gasteiger partial charge in [-0.15, -0.1) is 0 Å². The van der Waals surface area contributed by atoms with Crippen molar-refractivity contribution in [2.45, 2.75) is 20.8 Å². The molecule has 0 amide bonds. The van der Waals surface area contributed by atoms with Crippen LogP contribution in [0.5, 0.6) is 0 Å². The normalized spacial score (nSPS) is 12.8. The highest BCUT2D eigenvalue weighted by atomic mass is 15.0. The van der Waals surface area contributed by atoms with Crippen LogP contribution in [0.2, 0.25) is 0 Å². The smallest absolute Gasteiger partial charge is 0.164 e. The molecule has 42 heavy (non-hydrogen) atoms. The van der Waals surface area contributed by atoms with Crippen molar-refractivity contribution in [2.24, 2.45) is 5.92 Å². The van der Waals surface area contributed by atoms with Crippen molar-refractivity contribution in [3.05, 3.63) is 146 Å². The zero-order valence-electron chi connectivity index (χ0n) is 24.1. The number of allylic oxidation sites excluding steroid dienone is 7. The molecule has 2 heterocycles. The van der Waals surface area contributed by atoms with Crippen molar-refractivity contribution in [2.75, 3.05) is 0 Å². The van der Waals surface area contributed by atoms with Crippen LogP contribution in [0.25, 0.3) is 50.9 Å². The predicted molar refractivity (Wildman–Crippen MR) is 173 cm³/mol. The maximum absolute atomic E-state index is 5.01. The molecule has 0 bridgehead atoms. The molecule has 5 nitrogen and oxygen atoms in total. The van der Waals surface area contributed by atoms with Crippen molar-refractivity contribution < 1.29 is 0 Å². The van der Waals surface area contributed by atoms with E-state index < -0.39 is 0 Å². The summed E-state index contributed by atoms with van der Waals surface area (Å²) < 4.78 is 0. The summed E-state index contributed by atoms with van der Waals surface area (Å²) in [6.45, 7) is 10.4. The monoisotopic (exact) mass is 547 g/mol. The van der Waals surface area contributed by atoms with Crippen molar-refractivity contribution >= 4 is 5.57 Å². The van der Waals surface area contributed by atoms with Gasteiger partial charge in [0.1, 0.15) is 0 Å². The second kappa shape index (κ2) is 13.4. The molecule has 5 heteroatoms. The summed E-state index contributed by atoms with van der Waals surface area (Å²) in [6, 6.07) is 28.3. The molecule has 1 unspecified atom stereocenters. The minimum absolute atomic E-state index is 0.165. The maximum Gasteiger partial charge on any atom is 0.164 e. The van der Waals surface area contributed by atoms with Crippen LogP contribution in [0, 0.1) is 5.92 Å². The van der Waals surface area contributed by atoms with Gasteiger partial charge in [0.05, 0.1) is 0 Å². The van der Waals surface area contributed by atoms with E-state index in [-0.39, 0.29) is 5.92 Å². The van der Waals surface area contributed by atoms with Gasteiger partial charge in [0.15, 0.2) is 23.3 Å². The van der Waals surface area contributed by atoms with Gasteiger partial charge in [0.2, 0.25) is 0 Å². The Bertz CT molecular complexity index is 1700. The van der Waals surface area contributed by atoms with E-state index >= 15 is 0 Å². The predicted octanol–water partition coefficient (Wildman–Crippen LogP) is 9.06. The second-order valence-electron chi connectivity index (χ2n) is 9.96. The molecule has 5 aromatic rings. The van der Waals surface area contributed by atoms with Gasteiger partial charge < -0.3 is 0 Å². The van der Waals surface area contributed by atoms with Crippen LogP contribution >= 0.6 is 0 Å². The van der Waals surface area contributed by atoms with E-state index in [4.69, 9.17) is 15.0 Å². The Morgan fingerprint density at radius 2 is 1.26 bits per heavy atom. The molecular formula is C37H33N5. The van der Waals surface area contributed by atoms with E-state index in [0.717, 1.165) is 33.4 Å². The highest BCUT2D eigenvalue weighted by Gasteiger charge is 2.16. The summed E-state index contributed by atoms with van der Waals surface area (Å²) in [7, 11) is 0. The van der Waals surface area contributed by atoms with Crippen molar-refractivity contribution in [1.82, 2.24) is 24.9 Å². The molecule has 0 spiro atoms. The lowest BCUT2D eigenvalue weighted by molar-refractivity contribution is 0.863. The summed E-state index contributed by atoms with van der Waals surface area (Å²) in [5.41, 5.74) is 6.83. The Morgan fingerprint density at radius 3 is 1.88 bits per heavy atom. The molecule has 0 saturated heterocycles. The maximum atomic E-state index is 5.01. The second-order valence-corrected chi connectivity index (χ2v) is 9.96. The van der Waals surface area contributed by atoms with E-state index in [1.165, 1.54) is 5.57 Å². The molecule has 5 rings (SSSR count). The Balaban J connectivity index is 1.71. The zero-order valence-corrected chi connectivity index (χ0v) is 24.1. The molecular weight excluding hydrogens is 514 g/mol. The fourth-order valence-corrected chi connectivity index (χ4v) is 4.52. The van der Waals surface area contributed by atoms with Gasteiger partial charge in [-0.1, -0.05) is 110 Å². The summed E-state index contributed by atoms with van der Waals surface area (Å²) in [5, 5.41) is 0. The molecule has 0 aliphatic rings. The average Bonchev–Trinajstić information content (AvgIpc) is 3.06. The molecule has 0 aliphatic carbocycles. The SMILES string of the molecule is C=C/C(=C\C(C)/C(C)=C/C=C\C)c1nc(-c2ccccc2)nc(-c2cc(-c3ccccc3)cc(-c3ncccn3)c2)n1. The highest BCUT2D eigenvalue weighted by molar-refractivity contribution is 5.79. The van der Waals surface area contributed by atoms with Crippen LogP contribution in [-0.2, 0) is 0 Å². The van der Waals surface area contributed by atoms with Gasteiger partial charge in [0.25, 0.3) is 0 Å². The van der Waals surface area contributed by atoms with E-state index in [9.17, 15) is 0 Å². The first-order valence-corrected chi connectivity index (χ1v) is 14.0. The minimum Gasteiger partial charge on any atom is -0.237 e. The summed E-state index contributed by atoms with van der Waals surface area (Å²) >= 11 is 0. The number of hydrogen-bond donors (Lipinski definition) is 0. The number of rotatable bonds is 9. The van der Waals surface area contributed by atoms with E-state index in [2.05, 4.69) is 72.9 Å². The Hall–Kier alpha value is -5.29. The van der Waals surface area contributed by atoms with Gasteiger partial charge in [-0.05, 0) is 55.2 Å². The lowest BCUT2D eigenvalue weighted by Gasteiger charge is -2.13.